The Bertz CT molecular complexity index is 695. The average Bonchev–Trinajstić information content (AvgIpc) is 2.46. The maximum atomic E-state index is 10.6. The van der Waals surface area contributed by atoms with Crippen LogP contribution >= 0.6 is 0 Å². The first-order valence-electron chi connectivity index (χ1n) is 5.98. The van der Waals surface area contributed by atoms with Gasteiger partial charge in [-0.1, -0.05) is 17.3 Å². The van der Waals surface area contributed by atoms with Gasteiger partial charge in [-0.2, -0.15) is 0 Å². The molecule has 0 saturated heterocycles. The second-order valence-electron chi connectivity index (χ2n) is 4.35. The molecular weight excluding hydrogens is 276 g/mol. The van der Waals surface area contributed by atoms with Crippen molar-refractivity contribution < 1.29 is 20.3 Å². The maximum absolute atomic E-state index is 10.6. The third-order valence-electron chi connectivity index (χ3n) is 2.93. The lowest BCUT2D eigenvalue weighted by atomic mass is 10.0. The third kappa shape index (κ3) is 3.27. The smallest absolute Gasteiger partial charge is 0.269 e. The van der Waals surface area contributed by atoms with E-state index in [1.807, 2.05) is 0 Å². The van der Waals surface area contributed by atoms with E-state index in [0.717, 1.165) is 6.07 Å². The Morgan fingerprint density at radius 1 is 1.14 bits per heavy atom. The fourth-order valence-electron chi connectivity index (χ4n) is 1.88. The van der Waals surface area contributed by atoms with Crippen LogP contribution in [-0.4, -0.2) is 26.1 Å². The largest absolute Gasteiger partial charge is 0.508 e. The first-order valence-corrected chi connectivity index (χ1v) is 5.98. The first-order chi connectivity index (χ1) is 10.0. The standard InChI is InChI=1S/C14H12N2O5/c17-11-5-6-12(14(18)8-11)13(15-19)7-9-1-3-10(4-2-9)16(20)21/h1-6,8,17-19H,7H2/b15-13-. The molecule has 0 bridgehead atoms. The lowest BCUT2D eigenvalue weighted by molar-refractivity contribution is -0.384. The zero-order valence-electron chi connectivity index (χ0n) is 10.8. The minimum atomic E-state index is -0.503. The van der Waals surface area contributed by atoms with Crippen LogP contribution in [0.1, 0.15) is 11.1 Å². The van der Waals surface area contributed by atoms with Crippen molar-refractivity contribution in [3.8, 4) is 11.5 Å². The molecule has 2 aromatic carbocycles. The van der Waals surface area contributed by atoms with Gasteiger partial charge in [0.2, 0.25) is 0 Å². The van der Waals surface area contributed by atoms with Gasteiger partial charge in [-0.3, -0.25) is 10.1 Å². The highest BCUT2D eigenvalue weighted by atomic mass is 16.6. The van der Waals surface area contributed by atoms with Gasteiger partial charge >= 0.3 is 0 Å². The molecule has 0 aliphatic carbocycles. The molecule has 0 aromatic heterocycles. The van der Waals surface area contributed by atoms with E-state index in [2.05, 4.69) is 5.16 Å². The number of phenolic OH excluding ortho intramolecular Hbond substituents is 2. The Morgan fingerprint density at radius 2 is 1.81 bits per heavy atom. The number of nitrogens with zero attached hydrogens (tertiary/aromatic N) is 2. The molecule has 2 aromatic rings. The van der Waals surface area contributed by atoms with Crippen LogP contribution in [0.15, 0.2) is 47.6 Å². The Hall–Kier alpha value is -3.09. The van der Waals surface area contributed by atoms with Crippen molar-refractivity contribution in [1.82, 2.24) is 0 Å². The molecule has 3 N–H and O–H groups in total. The number of oxime groups is 1. The second-order valence-corrected chi connectivity index (χ2v) is 4.35. The molecule has 2 rings (SSSR count). The van der Waals surface area contributed by atoms with E-state index < -0.39 is 4.92 Å². The lowest BCUT2D eigenvalue weighted by Crippen LogP contribution is -2.06. The molecule has 7 nitrogen and oxygen atoms in total. The minimum absolute atomic E-state index is 0.0336. The molecule has 108 valence electrons. The molecule has 0 unspecified atom stereocenters. The number of phenols is 2. The summed E-state index contributed by atoms with van der Waals surface area (Å²) in [5.41, 5.74) is 1.10. The molecule has 21 heavy (non-hydrogen) atoms. The highest BCUT2D eigenvalue weighted by Crippen LogP contribution is 2.24. The summed E-state index contributed by atoms with van der Waals surface area (Å²) in [6, 6.07) is 9.70. The van der Waals surface area contributed by atoms with E-state index in [0.29, 0.717) is 5.56 Å². The second kappa shape index (κ2) is 5.91. The summed E-state index contributed by atoms with van der Waals surface area (Å²) < 4.78 is 0. The minimum Gasteiger partial charge on any atom is -0.508 e. The van der Waals surface area contributed by atoms with Crippen LogP contribution in [0.4, 0.5) is 5.69 Å². The van der Waals surface area contributed by atoms with Crippen molar-refractivity contribution in [2.24, 2.45) is 5.16 Å². The van der Waals surface area contributed by atoms with Crippen molar-refractivity contribution in [3.63, 3.8) is 0 Å². The summed E-state index contributed by atoms with van der Waals surface area (Å²) in [5, 5.41) is 41.8. The van der Waals surface area contributed by atoms with E-state index >= 15 is 0 Å². The van der Waals surface area contributed by atoms with Crippen LogP contribution < -0.4 is 0 Å². The van der Waals surface area contributed by atoms with Crippen LogP contribution in [0, 0.1) is 10.1 Å². The van der Waals surface area contributed by atoms with E-state index in [-0.39, 0.29) is 34.9 Å². The third-order valence-corrected chi connectivity index (χ3v) is 2.93. The molecule has 0 radical (unpaired) electrons. The fourth-order valence-corrected chi connectivity index (χ4v) is 1.88. The molecule has 7 heteroatoms. The molecule has 0 spiro atoms. The topological polar surface area (TPSA) is 116 Å². The Kier molecular flexibility index (Phi) is 4.03. The normalized spacial score (nSPS) is 11.3. The number of hydrogen-bond acceptors (Lipinski definition) is 6. The summed E-state index contributed by atoms with van der Waals surface area (Å²) in [5.74, 6) is -0.325. The fraction of sp³-hybridized carbons (Fsp3) is 0.0714. The van der Waals surface area contributed by atoms with Crippen LogP contribution in [0.5, 0.6) is 11.5 Å². The van der Waals surface area contributed by atoms with E-state index in [4.69, 9.17) is 5.21 Å². The maximum Gasteiger partial charge on any atom is 0.269 e. The molecule has 0 aliphatic rings. The van der Waals surface area contributed by atoms with Gasteiger partial charge in [0.15, 0.2) is 0 Å². The van der Waals surface area contributed by atoms with E-state index in [1.165, 1.54) is 24.3 Å². The Morgan fingerprint density at radius 3 is 2.33 bits per heavy atom. The van der Waals surface area contributed by atoms with Crippen molar-refractivity contribution in [3.05, 3.63) is 63.7 Å². The van der Waals surface area contributed by atoms with Gasteiger partial charge in [0.05, 0.1) is 10.6 Å². The summed E-state index contributed by atoms with van der Waals surface area (Å²) in [6.07, 6.45) is 0.173. The van der Waals surface area contributed by atoms with Crippen molar-refractivity contribution in [2.75, 3.05) is 0 Å². The molecular formula is C14H12N2O5. The predicted molar refractivity (Wildman–Crippen MR) is 74.9 cm³/mol. The number of rotatable bonds is 4. The van der Waals surface area contributed by atoms with Crippen molar-refractivity contribution in [1.29, 1.82) is 0 Å². The van der Waals surface area contributed by atoms with Gasteiger partial charge in [-0.25, -0.2) is 0 Å². The zero-order valence-corrected chi connectivity index (χ0v) is 10.8. The summed E-state index contributed by atoms with van der Waals surface area (Å²) in [6.45, 7) is 0. The molecule has 0 heterocycles. The number of benzene rings is 2. The summed E-state index contributed by atoms with van der Waals surface area (Å²) >= 11 is 0. The summed E-state index contributed by atoms with van der Waals surface area (Å²) in [4.78, 5) is 10.1. The SMILES string of the molecule is O=[N+]([O-])c1ccc(C/C(=N/O)c2ccc(O)cc2O)cc1. The zero-order chi connectivity index (χ0) is 15.4. The van der Waals surface area contributed by atoms with E-state index in [1.54, 1.807) is 12.1 Å². The highest BCUT2D eigenvalue weighted by Gasteiger charge is 2.12. The molecule has 0 amide bonds. The highest BCUT2D eigenvalue weighted by molar-refractivity contribution is 6.03. The lowest BCUT2D eigenvalue weighted by Gasteiger charge is -2.07. The first kappa shape index (κ1) is 14.3. The number of hydrogen-bond donors (Lipinski definition) is 3. The Labute approximate surface area is 119 Å². The van der Waals surface area contributed by atoms with Crippen molar-refractivity contribution >= 4 is 11.4 Å². The number of nitro groups is 1. The monoisotopic (exact) mass is 288 g/mol. The van der Waals surface area contributed by atoms with Gasteiger partial charge in [-0.05, 0) is 17.7 Å². The average molecular weight is 288 g/mol. The molecule has 0 saturated carbocycles. The predicted octanol–water partition coefficient (Wildman–Crippen LogP) is 2.43. The Balaban J connectivity index is 2.25. The van der Waals surface area contributed by atoms with Crippen LogP contribution in [0.2, 0.25) is 0 Å². The van der Waals surface area contributed by atoms with Crippen LogP contribution in [0.3, 0.4) is 0 Å². The quantitative estimate of drug-likeness (QED) is 0.346. The van der Waals surface area contributed by atoms with Crippen LogP contribution in [0.25, 0.3) is 0 Å². The van der Waals surface area contributed by atoms with Gasteiger partial charge in [0, 0.05) is 30.2 Å². The number of non-ortho nitro benzene ring substituents is 1. The van der Waals surface area contributed by atoms with Gasteiger partial charge in [-0.15, -0.1) is 0 Å². The van der Waals surface area contributed by atoms with Crippen molar-refractivity contribution in [2.45, 2.75) is 6.42 Å². The molecule has 0 fully saturated rings. The van der Waals surface area contributed by atoms with Gasteiger partial charge in [0.1, 0.15) is 11.5 Å². The molecule has 0 atom stereocenters. The van der Waals surface area contributed by atoms with E-state index in [9.17, 15) is 20.3 Å². The van der Waals surface area contributed by atoms with Gasteiger partial charge in [0.25, 0.3) is 5.69 Å². The molecule has 0 aliphatic heterocycles. The van der Waals surface area contributed by atoms with Gasteiger partial charge < -0.3 is 15.4 Å². The number of aromatic hydroxyl groups is 2. The summed E-state index contributed by atoms with van der Waals surface area (Å²) in [7, 11) is 0. The van der Waals surface area contributed by atoms with Crippen LogP contribution in [-0.2, 0) is 6.42 Å². The number of nitro benzene ring substituents is 1.